The van der Waals surface area contributed by atoms with Gasteiger partial charge in [-0.25, -0.2) is 14.5 Å². The van der Waals surface area contributed by atoms with Crippen LogP contribution < -0.4 is 5.32 Å². The monoisotopic (exact) mass is 469 g/mol. The van der Waals surface area contributed by atoms with Crippen molar-refractivity contribution in [1.82, 2.24) is 14.8 Å². The minimum Gasteiger partial charge on any atom is -0.452 e. The summed E-state index contributed by atoms with van der Waals surface area (Å²) >= 11 is 5.67. The number of benzene rings is 2. The average molecular weight is 470 g/mol. The van der Waals surface area contributed by atoms with Crippen LogP contribution in [0, 0.1) is 10.1 Å². The molecule has 10 nitrogen and oxygen atoms in total. The molecule has 0 unspecified atom stereocenters. The molecular weight excluding hydrogens is 459 g/mol. The zero-order valence-corrected chi connectivity index (χ0v) is 16.4. The van der Waals surface area contributed by atoms with Crippen molar-refractivity contribution >= 4 is 34.9 Å². The first-order valence-corrected chi connectivity index (χ1v) is 8.91. The Morgan fingerprint density at radius 3 is 2.59 bits per heavy atom. The molecule has 3 rings (SSSR count). The van der Waals surface area contributed by atoms with Gasteiger partial charge in [0.1, 0.15) is 17.7 Å². The lowest BCUT2D eigenvalue weighted by molar-refractivity contribution is -0.384. The molecule has 0 bridgehead atoms. The first-order chi connectivity index (χ1) is 15.1. The maximum atomic E-state index is 13.1. The summed E-state index contributed by atoms with van der Waals surface area (Å²) in [6.07, 6.45) is -2.31. The van der Waals surface area contributed by atoms with Crippen LogP contribution >= 0.6 is 11.6 Å². The number of carbonyl (C=O) groups excluding carboxylic acids is 2. The van der Waals surface area contributed by atoms with Gasteiger partial charge in [-0.15, -0.1) is 0 Å². The highest BCUT2D eigenvalue weighted by molar-refractivity contribution is 6.32. The van der Waals surface area contributed by atoms with Crippen molar-refractivity contribution in [3.05, 3.63) is 75.3 Å². The molecule has 0 saturated heterocycles. The number of ether oxygens (including phenoxy) is 1. The first kappa shape index (κ1) is 22.7. The number of halogens is 4. The third-order valence-corrected chi connectivity index (χ3v) is 4.30. The maximum absolute atomic E-state index is 13.1. The Balaban J connectivity index is 1.75. The van der Waals surface area contributed by atoms with Gasteiger partial charge in [0.05, 0.1) is 27.4 Å². The van der Waals surface area contributed by atoms with Gasteiger partial charge in [-0.3, -0.25) is 14.9 Å². The van der Waals surface area contributed by atoms with Crippen molar-refractivity contribution in [2.24, 2.45) is 0 Å². The lowest BCUT2D eigenvalue weighted by Gasteiger charge is -2.14. The highest BCUT2D eigenvalue weighted by Crippen LogP contribution is 2.33. The second-order valence-corrected chi connectivity index (χ2v) is 6.52. The molecule has 0 aliphatic heterocycles. The second kappa shape index (κ2) is 9.01. The number of carbonyl (C=O) groups is 2. The number of esters is 1. The van der Waals surface area contributed by atoms with Crippen LogP contribution in [-0.2, 0) is 15.7 Å². The Morgan fingerprint density at radius 2 is 1.97 bits per heavy atom. The Bertz CT molecular complexity index is 1180. The van der Waals surface area contributed by atoms with Crippen LogP contribution in [0.25, 0.3) is 5.69 Å². The van der Waals surface area contributed by atoms with Crippen molar-refractivity contribution < 1.29 is 32.4 Å². The SMILES string of the molecule is O=C(COC(=O)c1ccc(Cl)c([N+](=O)[O-])c1)Nc1cc(C(F)(F)F)ccc1-n1cncn1. The van der Waals surface area contributed by atoms with Gasteiger partial charge in [0.2, 0.25) is 0 Å². The topological polar surface area (TPSA) is 129 Å². The molecule has 2 aromatic carbocycles. The number of nitro groups is 1. The molecule has 0 aliphatic rings. The van der Waals surface area contributed by atoms with Crippen LogP contribution in [0.3, 0.4) is 0 Å². The third kappa shape index (κ3) is 5.18. The van der Waals surface area contributed by atoms with Gasteiger partial charge in [-0.1, -0.05) is 11.6 Å². The quantitative estimate of drug-likeness (QED) is 0.331. The number of hydrogen-bond acceptors (Lipinski definition) is 7. The van der Waals surface area contributed by atoms with Gasteiger partial charge in [0, 0.05) is 6.07 Å². The summed E-state index contributed by atoms with van der Waals surface area (Å²) in [4.78, 5) is 38.1. The molecule has 1 aromatic heterocycles. The molecule has 1 amide bonds. The van der Waals surface area contributed by atoms with E-state index in [0.717, 1.165) is 41.3 Å². The summed E-state index contributed by atoms with van der Waals surface area (Å²) in [6, 6.07) is 5.73. The summed E-state index contributed by atoms with van der Waals surface area (Å²) in [5.74, 6) is -2.03. The molecule has 0 spiro atoms. The number of nitrogens with one attached hydrogen (secondary N) is 1. The van der Waals surface area contributed by atoms with E-state index in [0.29, 0.717) is 6.07 Å². The average Bonchev–Trinajstić information content (AvgIpc) is 3.26. The molecule has 1 N–H and O–H groups in total. The smallest absolute Gasteiger partial charge is 0.416 e. The predicted molar refractivity (Wildman–Crippen MR) is 103 cm³/mol. The highest BCUT2D eigenvalue weighted by atomic mass is 35.5. The third-order valence-electron chi connectivity index (χ3n) is 3.98. The Kier molecular flexibility index (Phi) is 6.39. The molecule has 32 heavy (non-hydrogen) atoms. The first-order valence-electron chi connectivity index (χ1n) is 8.53. The van der Waals surface area contributed by atoms with Crippen LogP contribution in [0.15, 0.2) is 49.1 Å². The van der Waals surface area contributed by atoms with Crippen LogP contribution in [-0.4, -0.2) is 38.2 Å². The highest BCUT2D eigenvalue weighted by Gasteiger charge is 2.31. The van der Waals surface area contributed by atoms with Crippen molar-refractivity contribution in [3.63, 3.8) is 0 Å². The summed E-state index contributed by atoms with van der Waals surface area (Å²) in [6.45, 7) is -0.873. The molecule has 166 valence electrons. The van der Waals surface area contributed by atoms with Gasteiger partial charge in [-0.2, -0.15) is 18.3 Å². The molecular formula is C18H11ClF3N5O5. The number of rotatable bonds is 6. The van der Waals surface area contributed by atoms with Crippen molar-refractivity contribution in [3.8, 4) is 5.69 Å². The normalized spacial score (nSPS) is 11.1. The summed E-state index contributed by atoms with van der Waals surface area (Å²) in [5, 5.41) is 16.7. The number of anilines is 1. The minimum absolute atomic E-state index is 0.0866. The lowest BCUT2D eigenvalue weighted by Crippen LogP contribution is -2.22. The molecule has 0 atom stereocenters. The van der Waals surface area contributed by atoms with Crippen LogP contribution in [0.1, 0.15) is 15.9 Å². The van der Waals surface area contributed by atoms with Crippen LogP contribution in [0.2, 0.25) is 5.02 Å². The summed E-state index contributed by atoms with van der Waals surface area (Å²) in [7, 11) is 0. The number of nitro benzene ring substituents is 1. The second-order valence-electron chi connectivity index (χ2n) is 6.12. The number of amides is 1. The van der Waals surface area contributed by atoms with Gasteiger partial charge in [0.15, 0.2) is 6.61 Å². The van der Waals surface area contributed by atoms with Gasteiger partial charge < -0.3 is 10.1 Å². The molecule has 14 heteroatoms. The zero-order chi connectivity index (χ0) is 23.5. The van der Waals surface area contributed by atoms with E-state index in [2.05, 4.69) is 15.4 Å². The number of nitrogens with zero attached hydrogens (tertiary/aromatic N) is 4. The van der Waals surface area contributed by atoms with E-state index in [1.165, 1.54) is 6.33 Å². The largest absolute Gasteiger partial charge is 0.452 e. The van der Waals surface area contributed by atoms with Crippen LogP contribution in [0.4, 0.5) is 24.5 Å². The minimum atomic E-state index is -4.67. The fraction of sp³-hybridized carbons (Fsp3) is 0.111. The molecule has 0 fully saturated rings. The number of hydrogen-bond donors (Lipinski definition) is 1. The van der Waals surface area contributed by atoms with E-state index in [1.54, 1.807) is 0 Å². The maximum Gasteiger partial charge on any atom is 0.416 e. The predicted octanol–water partition coefficient (Wildman–Crippen LogP) is 3.64. The fourth-order valence-electron chi connectivity index (χ4n) is 2.53. The van der Waals surface area contributed by atoms with Gasteiger partial charge in [-0.05, 0) is 30.3 Å². The zero-order valence-electron chi connectivity index (χ0n) is 15.7. The van der Waals surface area contributed by atoms with Gasteiger partial charge in [0.25, 0.3) is 11.6 Å². The standard InChI is InChI=1S/C18H11ClF3N5O5/c19-12-3-1-10(5-15(12)27(30)31)17(29)32-7-16(28)25-13-6-11(18(20,21)22)2-4-14(13)26-9-23-8-24-26/h1-6,8-9H,7H2,(H,25,28). The number of aromatic nitrogens is 3. The Hall–Kier alpha value is -4.00. The molecule has 1 heterocycles. The Labute approximate surface area is 181 Å². The molecule has 0 radical (unpaired) electrons. The fourth-order valence-corrected chi connectivity index (χ4v) is 2.71. The molecule has 0 aliphatic carbocycles. The molecule has 0 saturated carbocycles. The van der Waals surface area contributed by atoms with Gasteiger partial charge >= 0.3 is 12.1 Å². The summed E-state index contributed by atoms with van der Waals surface area (Å²) < 4.78 is 45.1. The van der Waals surface area contributed by atoms with E-state index in [-0.39, 0.29) is 22.0 Å². The van der Waals surface area contributed by atoms with Crippen LogP contribution in [0.5, 0.6) is 0 Å². The van der Waals surface area contributed by atoms with E-state index in [9.17, 15) is 32.9 Å². The Morgan fingerprint density at radius 1 is 1.22 bits per heavy atom. The van der Waals surface area contributed by atoms with Crippen molar-refractivity contribution in [2.75, 3.05) is 11.9 Å². The van der Waals surface area contributed by atoms with Crippen molar-refractivity contribution in [2.45, 2.75) is 6.18 Å². The molecule has 3 aromatic rings. The van der Waals surface area contributed by atoms with E-state index >= 15 is 0 Å². The van der Waals surface area contributed by atoms with Crippen molar-refractivity contribution in [1.29, 1.82) is 0 Å². The van der Waals surface area contributed by atoms with E-state index in [1.807, 2.05) is 0 Å². The van der Waals surface area contributed by atoms with E-state index < -0.39 is 40.8 Å². The lowest BCUT2D eigenvalue weighted by atomic mass is 10.1. The van der Waals surface area contributed by atoms with E-state index in [4.69, 9.17) is 16.3 Å². The number of alkyl halides is 3. The summed E-state index contributed by atoms with van der Waals surface area (Å²) in [5.41, 5.74) is -1.97.